The SMILES string of the molecule is Cc1ccsc1-c1[nH]nc(N)c1-c1ccc2c(c1)OCO2. The van der Waals surface area contributed by atoms with Crippen LogP contribution in [0.4, 0.5) is 5.82 Å². The summed E-state index contributed by atoms with van der Waals surface area (Å²) in [5.74, 6) is 1.98. The number of thiophene rings is 1. The van der Waals surface area contributed by atoms with Crippen LogP contribution in [0.15, 0.2) is 29.6 Å². The Morgan fingerprint density at radius 1 is 1.24 bits per heavy atom. The molecule has 5 nitrogen and oxygen atoms in total. The monoisotopic (exact) mass is 299 g/mol. The van der Waals surface area contributed by atoms with Gasteiger partial charge in [0.1, 0.15) is 0 Å². The number of nitrogens with one attached hydrogen (secondary N) is 1. The van der Waals surface area contributed by atoms with E-state index in [1.54, 1.807) is 11.3 Å². The highest BCUT2D eigenvalue weighted by Crippen LogP contribution is 2.42. The average Bonchev–Trinajstić information content (AvgIpc) is 3.17. The Labute approximate surface area is 125 Å². The minimum absolute atomic E-state index is 0.260. The average molecular weight is 299 g/mol. The van der Waals surface area contributed by atoms with Crippen LogP contribution >= 0.6 is 11.3 Å². The molecule has 21 heavy (non-hydrogen) atoms. The third-order valence-corrected chi connectivity index (χ3v) is 4.58. The second-order valence-corrected chi connectivity index (χ2v) is 5.78. The maximum absolute atomic E-state index is 6.06. The fraction of sp³-hybridized carbons (Fsp3) is 0.133. The largest absolute Gasteiger partial charge is 0.454 e. The van der Waals surface area contributed by atoms with Gasteiger partial charge in [-0.05, 0) is 41.6 Å². The van der Waals surface area contributed by atoms with Gasteiger partial charge in [-0.25, -0.2) is 0 Å². The number of nitrogen functional groups attached to an aromatic ring is 1. The van der Waals surface area contributed by atoms with Gasteiger partial charge in [-0.1, -0.05) is 6.07 Å². The first-order valence-corrected chi connectivity index (χ1v) is 7.40. The maximum atomic E-state index is 6.06. The van der Waals surface area contributed by atoms with Gasteiger partial charge < -0.3 is 15.2 Å². The topological polar surface area (TPSA) is 73.2 Å². The zero-order chi connectivity index (χ0) is 14.4. The molecule has 1 aliphatic heterocycles. The van der Waals surface area contributed by atoms with E-state index in [1.807, 2.05) is 18.2 Å². The molecule has 0 fully saturated rings. The van der Waals surface area contributed by atoms with E-state index < -0.39 is 0 Å². The number of hydrogen-bond acceptors (Lipinski definition) is 5. The lowest BCUT2D eigenvalue weighted by Gasteiger charge is -2.05. The number of benzene rings is 1. The molecule has 0 saturated heterocycles. The summed E-state index contributed by atoms with van der Waals surface area (Å²) in [6.45, 7) is 2.34. The van der Waals surface area contributed by atoms with Gasteiger partial charge in [0.05, 0.1) is 16.1 Å². The number of rotatable bonds is 2. The summed E-state index contributed by atoms with van der Waals surface area (Å²) in [6, 6.07) is 7.90. The highest BCUT2D eigenvalue weighted by molar-refractivity contribution is 7.13. The number of nitrogens with two attached hydrogens (primary N) is 1. The molecule has 0 bridgehead atoms. The molecule has 0 unspecified atom stereocenters. The Hall–Kier alpha value is -2.47. The molecule has 0 radical (unpaired) electrons. The predicted octanol–water partition coefficient (Wildman–Crippen LogP) is 3.42. The van der Waals surface area contributed by atoms with Crippen molar-refractivity contribution in [1.82, 2.24) is 10.2 Å². The van der Waals surface area contributed by atoms with Crippen LogP contribution in [0.25, 0.3) is 21.7 Å². The van der Waals surface area contributed by atoms with Crippen molar-refractivity contribution in [2.45, 2.75) is 6.92 Å². The lowest BCUT2D eigenvalue weighted by molar-refractivity contribution is 0.174. The Bertz CT molecular complexity index is 822. The molecule has 3 heterocycles. The summed E-state index contributed by atoms with van der Waals surface area (Å²) in [4.78, 5) is 1.15. The summed E-state index contributed by atoms with van der Waals surface area (Å²) >= 11 is 1.67. The molecule has 4 rings (SSSR count). The lowest BCUT2D eigenvalue weighted by Crippen LogP contribution is -1.93. The van der Waals surface area contributed by atoms with E-state index in [-0.39, 0.29) is 6.79 Å². The minimum atomic E-state index is 0.260. The molecule has 0 spiro atoms. The second-order valence-electron chi connectivity index (χ2n) is 4.86. The molecular formula is C15H13N3O2S. The molecule has 6 heteroatoms. The van der Waals surface area contributed by atoms with Crippen LogP contribution in [0, 0.1) is 6.92 Å². The molecule has 0 saturated carbocycles. The molecule has 3 aromatic rings. The van der Waals surface area contributed by atoms with Crippen LogP contribution in [0.5, 0.6) is 11.5 Å². The van der Waals surface area contributed by atoms with Gasteiger partial charge in [-0.15, -0.1) is 11.3 Å². The van der Waals surface area contributed by atoms with Gasteiger partial charge in [0.2, 0.25) is 6.79 Å². The van der Waals surface area contributed by atoms with Crippen molar-refractivity contribution in [2.75, 3.05) is 12.5 Å². The van der Waals surface area contributed by atoms with E-state index in [0.717, 1.165) is 33.2 Å². The van der Waals surface area contributed by atoms with Crippen molar-refractivity contribution >= 4 is 17.2 Å². The van der Waals surface area contributed by atoms with Gasteiger partial charge >= 0.3 is 0 Å². The third kappa shape index (κ3) is 1.87. The summed E-state index contributed by atoms with van der Waals surface area (Å²) in [7, 11) is 0. The number of H-pyrrole nitrogens is 1. The summed E-state index contributed by atoms with van der Waals surface area (Å²) in [6.07, 6.45) is 0. The lowest BCUT2D eigenvalue weighted by atomic mass is 10.0. The zero-order valence-electron chi connectivity index (χ0n) is 11.3. The molecule has 0 aliphatic carbocycles. The van der Waals surface area contributed by atoms with Crippen LogP contribution in [-0.2, 0) is 0 Å². The van der Waals surface area contributed by atoms with E-state index >= 15 is 0 Å². The van der Waals surface area contributed by atoms with E-state index in [4.69, 9.17) is 15.2 Å². The fourth-order valence-electron chi connectivity index (χ4n) is 2.49. The molecule has 0 amide bonds. The summed E-state index contributed by atoms with van der Waals surface area (Å²) < 4.78 is 10.8. The van der Waals surface area contributed by atoms with Crippen LogP contribution in [0.2, 0.25) is 0 Å². The molecule has 1 aromatic carbocycles. The number of anilines is 1. The quantitative estimate of drug-likeness (QED) is 0.760. The number of nitrogens with zero attached hydrogens (tertiary/aromatic N) is 1. The Morgan fingerprint density at radius 2 is 2.10 bits per heavy atom. The number of aromatic amines is 1. The summed E-state index contributed by atoms with van der Waals surface area (Å²) in [5, 5.41) is 9.28. The van der Waals surface area contributed by atoms with Crippen LogP contribution in [0.3, 0.4) is 0 Å². The first-order chi connectivity index (χ1) is 10.2. The molecule has 1 aliphatic rings. The highest BCUT2D eigenvalue weighted by Gasteiger charge is 2.20. The predicted molar refractivity (Wildman–Crippen MR) is 82.6 cm³/mol. The van der Waals surface area contributed by atoms with Gasteiger partial charge in [-0.3, -0.25) is 5.10 Å². The summed E-state index contributed by atoms with van der Waals surface area (Å²) in [5.41, 5.74) is 10.1. The number of aryl methyl sites for hydroxylation is 1. The molecule has 2 aromatic heterocycles. The number of hydrogen-bond donors (Lipinski definition) is 2. The van der Waals surface area contributed by atoms with E-state index in [0.29, 0.717) is 5.82 Å². The number of aromatic nitrogens is 2. The first kappa shape index (κ1) is 12.3. The molecule has 106 valence electrons. The van der Waals surface area contributed by atoms with Gasteiger partial charge in [-0.2, -0.15) is 5.10 Å². The van der Waals surface area contributed by atoms with E-state index in [1.165, 1.54) is 5.56 Å². The van der Waals surface area contributed by atoms with Gasteiger partial charge in [0.25, 0.3) is 0 Å². The van der Waals surface area contributed by atoms with Crippen molar-refractivity contribution in [2.24, 2.45) is 0 Å². The van der Waals surface area contributed by atoms with Crippen LogP contribution < -0.4 is 15.2 Å². The smallest absolute Gasteiger partial charge is 0.231 e. The van der Waals surface area contributed by atoms with Gasteiger partial charge in [0, 0.05) is 0 Å². The van der Waals surface area contributed by atoms with Crippen LogP contribution in [0.1, 0.15) is 5.56 Å². The van der Waals surface area contributed by atoms with Crippen molar-refractivity contribution < 1.29 is 9.47 Å². The van der Waals surface area contributed by atoms with Crippen molar-refractivity contribution in [3.05, 3.63) is 35.2 Å². The van der Waals surface area contributed by atoms with Crippen LogP contribution in [-0.4, -0.2) is 17.0 Å². The normalized spacial score (nSPS) is 12.8. The molecular weight excluding hydrogens is 286 g/mol. The fourth-order valence-corrected chi connectivity index (χ4v) is 3.42. The molecule has 0 atom stereocenters. The Morgan fingerprint density at radius 3 is 2.90 bits per heavy atom. The molecule has 3 N–H and O–H groups in total. The van der Waals surface area contributed by atoms with Gasteiger partial charge in [0.15, 0.2) is 17.3 Å². The maximum Gasteiger partial charge on any atom is 0.231 e. The highest BCUT2D eigenvalue weighted by atomic mass is 32.1. The van der Waals surface area contributed by atoms with E-state index in [9.17, 15) is 0 Å². The second kappa shape index (κ2) is 4.53. The number of ether oxygens (including phenoxy) is 2. The standard InChI is InChI=1S/C15H13N3O2S/c1-8-4-5-21-14(8)13-12(15(16)18-17-13)9-2-3-10-11(6-9)20-7-19-10/h2-6H,7H2,1H3,(H3,16,17,18). The number of fused-ring (bicyclic) bond motifs is 1. The minimum Gasteiger partial charge on any atom is -0.454 e. The third-order valence-electron chi connectivity index (χ3n) is 3.54. The van der Waals surface area contributed by atoms with Crippen molar-refractivity contribution in [3.63, 3.8) is 0 Å². The van der Waals surface area contributed by atoms with Crippen molar-refractivity contribution in [1.29, 1.82) is 0 Å². The first-order valence-electron chi connectivity index (χ1n) is 6.52. The Balaban J connectivity index is 1.89. The van der Waals surface area contributed by atoms with Crippen molar-refractivity contribution in [3.8, 4) is 33.2 Å². The Kier molecular flexibility index (Phi) is 2.65. The van der Waals surface area contributed by atoms with E-state index in [2.05, 4.69) is 28.6 Å². The zero-order valence-corrected chi connectivity index (χ0v) is 12.2.